The van der Waals surface area contributed by atoms with Crippen LogP contribution in [0.1, 0.15) is 82.3 Å². The third-order valence-corrected chi connectivity index (χ3v) is 5.01. The highest BCUT2D eigenvalue weighted by molar-refractivity contribution is 5.37. The average molecular weight is 274 g/mol. The summed E-state index contributed by atoms with van der Waals surface area (Å²) in [6.45, 7) is 4.47. The lowest BCUT2D eigenvalue weighted by molar-refractivity contribution is 0.302. The molecular formula is C19H30O. The zero-order valence-corrected chi connectivity index (χ0v) is 13.2. The van der Waals surface area contributed by atoms with Gasteiger partial charge in [-0.15, -0.1) is 0 Å². The molecule has 2 rings (SSSR count). The molecule has 1 aromatic carbocycles. The van der Waals surface area contributed by atoms with Gasteiger partial charge >= 0.3 is 0 Å². The minimum absolute atomic E-state index is 0.416. The first-order valence-corrected chi connectivity index (χ1v) is 8.56. The number of rotatable bonds is 6. The van der Waals surface area contributed by atoms with Gasteiger partial charge in [-0.3, -0.25) is 0 Å². The van der Waals surface area contributed by atoms with Crippen LogP contribution in [-0.2, 0) is 6.42 Å². The number of benzene rings is 1. The molecule has 20 heavy (non-hydrogen) atoms. The summed E-state index contributed by atoms with van der Waals surface area (Å²) in [4.78, 5) is 0. The number of hydrogen-bond acceptors (Lipinski definition) is 1. The third kappa shape index (κ3) is 4.01. The largest absolute Gasteiger partial charge is 0.508 e. The Kier molecular flexibility index (Phi) is 5.94. The van der Waals surface area contributed by atoms with Crippen LogP contribution in [0.25, 0.3) is 0 Å². The molecule has 0 aromatic heterocycles. The molecule has 1 aliphatic rings. The Labute approximate surface area is 124 Å². The average Bonchev–Trinajstić information content (AvgIpc) is 2.48. The number of aryl methyl sites for hydroxylation is 1. The minimum Gasteiger partial charge on any atom is -0.508 e. The van der Waals surface area contributed by atoms with Gasteiger partial charge < -0.3 is 5.11 Å². The van der Waals surface area contributed by atoms with Crippen LogP contribution >= 0.6 is 0 Å². The highest BCUT2D eigenvalue weighted by Crippen LogP contribution is 2.39. The maximum atomic E-state index is 9.63. The molecule has 112 valence electrons. The zero-order chi connectivity index (χ0) is 14.4. The molecular weight excluding hydrogens is 244 g/mol. The number of unbranched alkanes of at least 4 members (excludes halogenated alkanes) is 2. The normalized spacial score (nSPS) is 22.9. The predicted molar refractivity (Wildman–Crippen MR) is 86.3 cm³/mol. The van der Waals surface area contributed by atoms with Crippen LogP contribution in [0.5, 0.6) is 5.75 Å². The van der Waals surface area contributed by atoms with E-state index >= 15 is 0 Å². The van der Waals surface area contributed by atoms with Gasteiger partial charge in [-0.1, -0.05) is 45.6 Å². The van der Waals surface area contributed by atoms with Crippen molar-refractivity contribution in [1.29, 1.82) is 0 Å². The van der Waals surface area contributed by atoms with E-state index in [1.807, 2.05) is 12.1 Å². The van der Waals surface area contributed by atoms with E-state index in [1.165, 1.54) is 62.5 Å². The number of hydrogen-bond donors (Lipinski definition) is 1. The van der Waals surface area contributed by atoms with Crippen molar-refractivity contribution >= 4 is 0 Å². The summed E-state index contributed by atoms with van der Waals surface area (Å²) in [6.07, 6.45) is 12.1. The van der Waals surface area contributed by atoms with Crippen LogP contribution in [-0.4, -0.2) is 5.11 Å². The van der Waals surface area contributed by atoms with Gasteiger partial charge in [-0.2, -0.15) is 0 Å². The Hall–Kier alpha value is -0.980. The molecule has 0 heterocycles. The summed E-state index contributed by atoms with van der Waals surface area (Å²) in [6, 6.07) is 5.99. The zero-order valence-electron chi connectivity index (χ0n) is 13.2. The topological polar surface area (TPSA) is 20.2 Å². The molecule has 1 aromatic rings. The Morgan fingerprint density at radius 3 is 2.45 bits per heavy atom. The van der Waals surface area contributed by atoms with E-state index < -0.39 is 0 Å². The second-order valence-corrected chi connectivity index (χ2v) is 6.45. The quantitative estimate of drug-likeness (QED) is 0.649. The monoisotopic (exact) mass is 274 g/mol. The Morgan fingerprint density at radius 1 is 1.05 bits per heavy atom. The van der Waals surface area contributed by atoms with Crippen molar-refractivity contribution in [3.05, 3.63) is 29.3 Å². The summed E-state index contributed by atoms with van der Waals surface area (Å²) in [5, 5.41) is 9.63. The molecule has 1 heteroatoms. The van der Waals surface area contributed by atoms with Crippen molar-refractivity contribution in [1.82, 2.24) is 0 Å². The highest BCUT2D eigenvalue weighted by atomic mass is 16.3. The van der Waals surface area contributed by atoms with E-state index in [9.17, 15) is 5.11 Å². The second-order valence-electron chi connectivity index (χ2n) is 6.45. The summed E-state index contributed by atoms with van der Waals surface area (Å²) >= 11 is 0. The summed E-state index contributed by atoms with van der Waals surface area (Å²) in [7, 11) is 0. The molecule has 0 saturated heterocycles. The maximum Gasteiger partial charge on any atom is 0.115 e. The number of phenolic OH excluding ortho intramolecular Hbond substituents is 1. The number of phenols is 1. The van der Waals surface area contributed by atoms with Crippen LogP contribution in [0.2, 0.25) is 0 Å². The lowest BCUT2D eigenvalue weighted by Gasteiger charge is -2.30. The van der Waals surface area contributed by atoms with Crippen LogP contribution < -0.4 is 0 Å². The molecule has 1 aliphatic carbocycles. The van der Waals surface area contributed by atoms with Crippen molar-refractivity contribution in [2.75, 3.05) is 0 Å². The van der Waals surface area contributed by atoms with Crippen LogP contribution in [0.4, 0.5) is 0 Å². The van der Waals surface area contributed by atoms with Gasteiger partial charge in [0.2, 0.25) is 0 Å². The summed E-state index contributed by atoms with van der Waals surface area (Å²) in [5.74, 6) is 2.12. The number of aromatic hydroxyl groups is 1. The van der Waals surface area contributed by atoms with E-state index in [4.69, 9.17) is 0 Å². The van der Waals surface area contributed by atoms with Crippen molar-refractivity contribution in [3.63, 3.8) is 0 Å². The molecule has 0 amide bonds. The van der Waals surface area contributed by atoms with E-state index in [0.29, 0.717) is 5.75 Å². The summed E-state index contributed by atoms with van der Waals surface area (Å²) < 4.78 is 0. The summed E-state index contributed by atoms with van der Waals surface area (Å²) in [5.41, 5.74) is 2.84. The third-order valence-electron chi connectivity index (χ3n) is 5.01. The van der Waals surface area contributed by atoms with Crippen molar-refractivity contribution in [2.24, 2.45) is 5.92 Å². The lowest BCUT2D eigenvalue weighted by atomic mass is 9.76. The predicted octanol–water partition coefficient (Wildman–Crippen LogP) is 5.81. The maximum absolute atomic E-state index is 9.63. The van der Waals surface area contributed by atoms with E-state index in [2.05, 4.69) is 19.9 Å². The second kappa shape index (κ2) is 7.71. The molecule has 0 spiro atoms. The SMILES string of the molecule is CCCCCC1CCC(c2ccc(O)cc2CC)CC1. The van der Waals surface area contributed by atoms with Gasteiger partial charge in [-0.05, 0) is 67.2 Å². The fourth-order valence-electron chi connectivity index (χ4n) is 3.74. The van der Waals surface area contributed by atoms with E-state index in [1.54, 1.807) is 0 Å². The molecule has 1 fully saturated rings. The smallest absolute Gasteiger partial charge is 0.115 e. The Balaban J connectivity index is 1.90. The molecule has 1 N–H and O–H groups in total. The lowest BCUT2D eigenvalue weighted by Crippen LogP contribution is -2.14. The van der Waals surface area contributed by atoms with Crippen molar-refractivity contribution in [3.8, 4) is 5.75 Å². The molecule has 0 aliphatic heterocycles. The van der Waals surface area contributed by atoms with Crippen LogP contribution in [0.15, 0.2) is 18.2 Å². The molecule has 0 radical (unpaired) electrons. The van der Waals surface area contributed by atoms with Gasteiger partial charge in [0.15, 0.2) is 0 Å². The standard InChI is InChI=1S/C19H30O/c1-3-5-6-7-15-8-10-17(11-9-15)19-13-12-18(20)14-16(19)4-2/h12-15,17,20H,3-11H2,1-2H3. The first kappa shape index (κ1) is 15.4. The Morgan fingerprint density at radius 2 is 1.80 bits per heavy atom. The van der Waals surface area contributed by atoms with Crippen molar-refractivity contribution < 1.29 is 5.11 Å². The molecule has 0 atom stereocenters. The van der Waals surface area contributed by atoms with Crippen molar-refractivity contribution in [2.45, 2.75) is 77.6 Å². The van der Waals surface area contributed by atoms with Crippen LogP contribution in [0, 0.1) is 5.92 Å². The van der Waals surface area contributed by atoms with E-state index in [-0.39, 0.29) is 0 Å². The highest BCUT2D eigenvalue weighted by Gasteiger charge is 2.23. The first-order chi connectivity index (χ1) is 9.74. The molecule has 0 bridgehead atoms. The van der Waals surface area contributed by atoms with Crippen LogP contribution in [0.3, 0.4) is 0 Å². The van der Waals surface area contributed by atoms with Gasteiger partial charge in [0, 0.05) is 0 Å². The van der Waals surface area contributed by atoms with Gasteiger partial charge in [0.1, 0.15) is 5.75 Å². The van der Waals surface area contributed by atoms with Gasteiger partial charge in [0.25, 0.3) is 0 Å². The molecule has 1 saturated carbocycles. The van der Waals surface area contributed by atoms with E-state index in [0.717, 1.165) is 18.3 Å². The molecule has 1 nitrogen and oxygen atoms in total. The first-order valence-electron chi connectivity index (χ1n) is 8.56. The minimum atomic E-state index is 0.416. The fourth-order valence-corrected chi connectivity index (χ4v) is 3.74. The van der Waals surface area contributed by atoms with Gasteiger partial charge in [0.05, 0.1) is 0 Å². The fraction of sp³-hybridized carbons (Fsp3) is 0.684. The van der Waals surface area contributed by atoms with Gasteiger partial charge in [-0.25, -0.2) is 0 Å². The Bertz CT molecular complexity index is 402. The molecule has 0 unspecified atom stereocenters.